The van der Waals surface area contributed by atoms with E-state index in [1.807, 2.05) is 26.2 Å². The Hall–Kier alpha value is -1.57. The number of unbranched alkanes of at least 4 members (excludes halogenated alkanes) is 1. The van der Waals surface area contributed by atoms with Crippen molar-refractivity contribution in [2.75, 3.05) is 23.9 Å². The summed E-state index contributed by atoms with van der Waals surface area (Å²) in [6.07, 6.45) is 4.40. The molecule has 1 aromatic rings. The Balaban J connectivity index is 1.83. The van der Waals surface area contributed by atoms with Crippen LogP contribution in [-0.2, 0) is 19.9 Å². The first-order valence-electron chi connectivity index (χ1n) is 10.1. The van der Waals surface area contributed by atoms with E-state index in [0.717, 1.165) is 36.1 Å². The molecule has 3 aliphatic rings. The lowest BCUT2D eigenvalue weighted by atomic mass is 9.76. The number of thioether (sulfide) groups is 1. The van der Waals surface area contributed by atoms with Crippen LogP contribution in [0.5, 0.6) is 0 Å². The van der Waals surface area contributed by atoms with Gasteiger partial charge in [0.2, 0.25) is 17.7 Å². The molecular formula is C21H26ClN3O3S. The summed E-state index contributed by atoms with van der Waals surface area (Å²) in [6, 6.07) is 3.36. The van der Waals surface area contributed by atoms with Gasteiger partial charge < -0.3 is 5.32 Å². The van der Waals surface area contributed by atoms with E-state index in [-0.39, 0.29) is 23.8 Å². The van der Waals surface area contributed by atoms with Gasteiger partial charge >= 0.3 is 0 Å². The van der Waals surface area contributed by atoms with Crippen molar-refractivity contribution in [3.8, 4) is 0 Å². The Bertz CT molecular complexity index is 892. The molecule has 1 aromatic carbocycles. The van der Waals surface area contributed by atoms with Crippen molar-refractivity contribution in [2.45, 2.75) is 44.7 Å². The van der Waals surface area contributed by atoms with Crippen LogP contribution in [0.3, 0.4) is 0 Å². The molecule has 4 unspecified atom stereocenters. The summed E-state index contributed by atoms with van der Waals surface area (Å²) in [4.78, 5) is 41.4. The van der Waals surface area contributed by atoms with Crippen LogP contribution in [0.15, 0.2) is 12.1 Å². The molecule has 0 aromatic heterocycles. The number of nitrogens with zero attached hydrogens (tertiary/aromatic N) is 1. The number of likely N-dealkylation sites (tertiary alicyclic amines) is 1. The largest absolute Gasteiger partial charge is 0.324 e. The lowest BCUT2D eigenvalue weighted by Gasteiger charge is -2.29. The van der Waals surface area contributed by atoms with Gasteiger partial charge in [-0.1, -0.05) is 31.0 Å². The molecule has 29 heavy (non-hydrogen) atoms. The lowest BCUT2D eigenvalue weighted by Crippen LogP contribution is -2.53. The number of carbonyl (C=O) groups excluding carboxylic acids is 3. The Labute approximate surface area is 180 Å². The van der Waals surface area contributed by atoms with E-state index < -0.39 is 17.4 Å². The molecule has 1 spiro atoms. The molecule has 8 heteroatoms. The first-order chi connectivity index (χ1) is 13.9. The monoisotopic (exact) mass is 435 g/mol. The molecule has 3 heterocycles. The summed E-state index contributed by atoms with van der Waals surface area (Å²) in [5.74, 6) is -1.03. The minimum atomic E-state index is -1.22. The average Bonchev–Trinajstić information content (AvgIpc) is 3.27. The SMILES string of the molecule is CCCCN1C(=O)C2C(CCSC)NC3(C(=O)Nc4c3ccc(Cl)c4C)C2C1=O. The van der Waals surface area contributed by atoms with E-state index in [2.05, 4.69) is 10.6 Å². The average molecular weight is 436 g/mol. The van der Waals surface area contributed by atoms with Crippen LogP contribution in [0.2, 0.25) is 5.02 Å². The van der Waals surface area contributed by atoms with Gasteiger partial charge in [0.05, 0.1) is 17.5 Å². The highest BCUT2D eigenvalue weighted by Crippen LogP contribution is 2.54. The lowest BCUT2D eigenvalue weighted by molar-refractivity contribution is -0.142. The molecule has 6 nitrogen and oxygen atoms in total. The molecule has 4 rings (SSSR count). The molecule has 2 saturated heterocycles. The molecule has 3 amide bonds. The number of hydrogen-bond donors (Lipinski definition) is 2. The normalized spacial score (nSPS) is 30.3. The summed E-state index contributed by atoms with van der Waals surface area (Å²) < 4.78 is 0. The fraction of sp³-hybridized carbons (Fsp3) is 0.571. The Kier molecular flexibility index (Phi) is 5.42. The number of amides is 3. The Morgan fingerprint density at radius 2 is 2.00 bits per heavy atom. The van der Waals surface area contributed by atoms with Gasteiger partial charge in [0.25, 0.3) is 0 Å². The third-order valence-electron chi connectivity index (χ3n) is 6.54. The number of nitrogens with one attached hydrogen (secondary N) is 2. The van der Waals surface area contributed by atoms with Gasteiger partial charge in [-0.15, -0.1) is 0 Å². The van der Waals surface area contributed by atoms with Crippen LogP contribution in [0.4, 0.5) is 5.69 Å². The van der Waals surface area contributed by atoms with Crippen molar-refractivity contribution in [1.82, 2.24) is 10.2 Å². The molecule has 0 aliphatic carbocycles. The van der Waals surface area contributed by atoms with Crippen molar-refractivity contribution in [3.63, 3.8) is 0 Å². The fourth-order valence-electron chi connectivity index (χ4n) is 5.08. The zero-order valence-electron chi connectivity index (χ0n) is 16.9. The Morgan fingerprint density at radius 1 is 1.24 bits per heavy atom. The minimum absolute atomic E-state index is 0.143. The Morgan fingerprint density at radius 3 is 2.69 bits per heavy atom. The second kappa shape index (κ2) is 7.60. The maximum Gasteiger partial charge on any atom is 0.250 e. The predicted molar refractivity (Wildman–Crippen MR) is 115 cm³/mol. The number of halogens is 1. The smallest absolute Gasteiger partial charge is 0.250 e. The van der Waals surface area contributed by atoms with E-state index in [1.54, 1.807) is 17.8 Å². The van der Waals surface area contributed by atoms with Crippen LogP contribution in [0.1, 0.15) is 37.3 Å². The number of hydrogen-bond acceptors (Lipinski definition) is 5. The second-order valence-corrected chi connectivity index (χ2v) is 9.47. The van der Waals surface area contributed by atoms with Crippen molar-refractivity contribution in [2.24, 2.45) is 11.8 Å². The van der Waals surface area contributed by atoms with Gasteiger partial charge in [-0.3, -0.25) is 24.6 Å². The molecular weight excluding hydrogens is 410 g/mol. The van der Waals surface area contributed by atoms with Crippen LogP contribution in [-0.4, -0.2) is 47.2 Å². The number of fused-ring (bicyclic) bond motifs is 4. The van der Waals surface area contributed by atoms with Gasteiger partial charge in [0.1, 0.15) is 5.54 Å². The highest BCUT2D eigenvalue weighted by atomic mass is 35.5. The molecule has 0 radical (unpaired) electrons. The van der Waals surface area contributed by atoms with Crippen molar-refractivity contribution in [3.05, 3.63) is 28.3 Å². The quantitative estimate of drug-likeness (QED) is 0.672. The van der Waals surface area contributed by atoms with Crippen LogP contribution in [0, 0.1) is 18.8 Å². The van der Waals surface area contributed by atoms with Gasteiger partial charge in [0.15, 0.2) is 0 Å². The second-order valence-electron chi connectivity index (χ2n) is 8.07. The van der Waals surface area contributed by atoms with E-state index >= 15 is 0 Å². The maximum atomic E-state index is 13.4. The van der Waals surface area contributed by atoms with Gasteiger partial charge in [0, 0.05) is 23.2 Å². The third kappa shape index (κ3) is 2.85. The van der Waals surface area contributed by atoms with E-state index in [9.17, 15) is 14.4 Å². The molecule has 156 valence electrons. The van der Waals surface area contributed by atoms with Gasteiger partial charge in [-0.25, -0.2) is 0 Å². The molecule has 0 saturated carbocycles. The number of benzene rings is 1. The zero-order valence-corrected chi connectivity index (χ0v) is 18.5. The third-order valence-corrected chi connectivity index (χ3v) is 7.60. The van der Waals surface area contributed by atoms with Crippen LogP contribution >= 0.6 is 23.4 Å². The topological polar surface area (TPSA) is 78.5 Å². The summed E-state index contributed by atoms with van der Waals surface area (Å²) in [6.45, 7) is 4.30. The van der Waals surface area contributed by atoms with E-state index in [4.69, 9.17) is 11.6 Å². The van der Waals surface area contributed by atoms with Crippen molar-refractivity contribution in [1.29, 1.82) is 0 Å². The van der Waals surface area contributed by atoms with E-state index in [1.165, 1.54) is 4.90 Å². The fourth-order valence-corrected chi connectivity index (χ4v) is 5.73. The molecule has 4 atom stereocenters. The van der Waals surface area contributed by atoms with Crippen molar-refractivity contribution < 1.29 is 14.4 Å². The first-order valence-corrected chi connectivity index (χ1v) is 11.9. The van der Waals surface area contributed by atoms with Crippen LogP contribution < -0.4 is 10.6 Å². The highest BCUT2D eigenvalue weighted by Gasteiger charge is 2.70. The number of carbonyl (C=O) groups is 3. The standard InChI is InChI=1S/C21H26ClN3O3S/c1-4-5-9-25-18(26)15-14(8-10-29-3)24-21(16(15)19(25)27)12-6-7-13(22)11(2)17(12)23-20(21)28/h6-7,14-16,24H,4-5,8-10H2,1-3H3,(H,23,28). The number of imide groups is 1. The van der Waals surface area contributed by atoms with Crippen molar-refractivity contribution >= 4 is 46.8 Å². The molecule has 2 N–H and O–H groups in total. The summed E-state index contributed by atoms with van der Waals surface area (Å²) in [7, 11) is 0. The molecule has 2 fully saturated rings. The molecule has 0 bridgehead atoms. The highest BCUT2D eigenvalue weighted by molar-refractivity contribution is 7.98. The predicted octanol–water partition coefficient (Wildman–Crippen LogP) is 2.92. The summed E-state index contributed by atoms with van der Waals surface area (Å²) in [5, 5.41) is 6.97. The molecule has 3 aliphatic heterocycles. The maximum absolute atomic E-state index is 13.4. The van der Waals surface area contributed by atoms with Gasteiger partial charge in [-0.2, -0.15) is 11.8 Å². The van der Waals surface area contributed by atoms with Crippen LogP contribution in [0.25, 0.3) is 0 Å². The summed E-state index contributed by atoms with van der Waals surface area (Å²) >= 11 is 7.97. The zero-order chi connectivity index (χ0) is 20.9. The number of rotatable bonds is 6. The summed E-state index contributed by atoms with van der Waals surface area (Å²) in [5.41, 5.74) is 0.947. The van der Waals surface area contributed by atoms with E-state index in [0.29, 0.717) is 17.3 Å². The van der Waals surface area contributed by atoms with Gasteiger partial charge in [-0.05, 0) is 43.4 Å². The minimum Gasteiger partial charge on any atom is -0.324 e. The first kappa shape index (κ1) is 20.7. The number of anilines is 1.